The summed E-state index contributed by atoms with van der Waals surface area (Å²) in [7, 11) is 3.99. The molecule has 1 N–H and O–H groups in total. The number of furan rings is 1. The maximum Gasteiger partial charge on any atom is 0.340 e. The maximum absolute atomic E-state index is 12.8. The zero-order valence-corrected chi connectivity index (χ0v) is 19.9. The van der Waals surface area contributed by atoms with Gasteiger partial charge in [-0.1, -0.05) is 30.3 Å². The molecule has 2 heterocycles. The van der Waals surface area contributed by atoms with Gasteiger partial charge in [0.15, 0.2) is 0 Å². The topological polar surface area (TPSA) is 75.7 Å². The molecule has 0 unspecified atom stereocenters. The van der Waals surface area contributed by atoms with Gasteiger partial charge in [-0.25, -0.2) is 4.79 Å². The summed E-state index contributed by atoms with van der Waals surface area (Å²) in [6.45, 7) is 7.20. The van der Waals surface area contributed by atoms with Crippen LogP contribution < -0.4 is 10.9 Å². The lowest BCUT2D eigenvalue weighted by molar-refractivity contribution is -0.120. The van der Waals surface area contributed by atoms with E-state index in [1.165, 1.54) is 0 Å². The van der Waals surface area contributed by atoms with Gasteiger partial charge >= 0.3 is 5.63 Å². The van der Waals surface area contributed by atoms with Gasteiger partial charge in [-0.15, -0.1) is 0 Å². The van der Waals surface area contributed by atoms with Crippen molar-refractivity contribution < 1.29 is 13.6 Å². The van der Waals surface area contributed by atoms with Crippen LogP contribution in [0.2, 0.25) is 0 Å². The molecule has 0 spiro atoms. The monoisotopic (exact) mass is 446 g/mol. The Balaban J connectivity index is 1.76. The largest absolute Gasteiger partial charge is 0.460 e. The summed E-state index contributed by atoms with van der Waals surface area (Å²) < 4.78 is 11.8. The highest BCUT2D eigenvalue weighted by molar-refractivity contribution is 6.06. The molecule has 4 aromatic rings. The standard InChI is InChI=1S/C27H30N2O4/c1-16-20-14-22-24(19-10-7-6-8-11-19)18(3)32-26(22)17(2)25(20)33-27(31)21(16)15-23(30)28-12-9-13-29(4)5/h6-8,10-11,14H,9,12-13,15H2,1-5H3,(H,28,30). The van der Waals surface area contributed by atoms with E-state index in [9.17, 15) is 9.59 Å². The van der Waals surface area contributed by atoms with Gasteiger partial charge in [-0.05, 0) is 65.0 Å². The minimum atomic E-state index is -0.475. The molecule has 0 bridgehead atoms. The normalized spacial score (nSPS) is 11.6. The molecule has 1 amide bonds. The lowest BCUT2D eigenvalue weighted by Gasteiger charge is -2.12. The minimum absolute atomic E-state index is 0.000880. The fourth-order valence-electron chi connectivity index (χ4n) is 4.39. The minimum Gasteiger partial charge on any atom is -0.460 e. The van der Waals surface area contributed by atoms with Crippen molar-refractivity contribution in [1.82, 2.24) is 10.2 Å². The second-order valence-corrected chi connectivity index (χ2v) is 8.83. The zero-order chi connectivity index (χ0) is 23.7. The summed E-state index contributed by atoms with van der Waals surface area (Å²) >= 11 is 0. The van der Waals surface area contributed by atoms with E-state index in [0.29, 0.717) is 23.3 Å². The van der Waals surface area contributed by atoms with E-state index in [4.69, 9.17) is 8.83 Å². The van der Waals surface area contributed by atoms with E-state index in [0.717, 1.165) is 51.8 Å². The number of benzene rings is 2. The van der Waals surface area contributed by atoms with E-state index in [1.807, 2.05) is 59.1 Å². The Labute approximate surface area is 193 Å². The average molecular weight is 447 g/mol. The molecule has 2 aromatic carbocycles. The van der Waals surface area contributed by atoms with E-state index in [1.54, 1.807) is 0 Å². The Morgan fingerprint density at radius 1 is 0.970 bits per heavy atom. The average Bonchev–Trinajstić information content (AvgIpc) is 3.12. The molecule has 2 aromatic heterocycles. The number of hydrogen-bond acceptors (Lipinski definition) is 5. The number of nitrogens with one attached hydrogen (secondary N) is 1. The number of rotatable bonds is 7. The van der Waals surface area contributed by atoms with Crippen LogP contribution in [-0.4, -0.2) is 38.0 Å². The molecule has 172 valence electrons. The van der Waals surface area contributed by atoms with Crippen molar-refractivity contribution >= 4 is 27.8 Å². The zero-order valence-electron chi connectivity index (χ0n) is 19.9. The van der Waals surface area contributed by atoms with Crippen LogP contribution in [0, 0.1) is 20.8 Å². The molecule has 0 radical (unpaired) electrons. The van der Waals surface area contributed by atoms with Gasteiger partial charge in [0.2, 0.25) is 5.91 Å². The van der Waals surface area contributed by atoms with Gasteiger partial charge in [0.1, 0.15) is 16.9 Å². The lowest BCUT2D eigenvalue weighted by Crippen LogP contribution is -2.30. The predicted molar refractivity (Wildman–Crippen MR) is 132 cm³/mol. The molecule has 0 atom stereocenters. The molecule has 4 rings (SSSR count). The van der Waals surface area contributed by atoms with Crippen LogP contribution in [0.5, 0.6) is 0 Å². The molecule has 0 aliphatic heterocycles. The molecular weight excluding hydrogens is 416 g/mol. The molecule has 0 saturated carbocycles. The van der Waals surface area contributed by atoms with Crippen LogP contribution in [-0.2, 0) is 11.2 Å². The Morgan fingerprint density at radius 2 is 1.67 bits per heavy atom. The van der Waals surface area contributed by atoms with Gasteiger partial charge in [0.25, 0.3) is 0 Å². The molecular formula is C27H30N2O4. The van der Waals surface area contributed by atoms with Gasteiger partial charge in [-0.2, -0.15) is 0 Å². The first-order valence-corrected chi connectivity index (χ1v) is 11.2. The van der Waals surface area contributed by atoms with E-state index < -0.39 is 5.63 Å². The SMILES string of the molecule is Cc1oc2c(C)c3oc(=O)c(CC(=O)NCCCN(C)C)c(C)c3cc2c1-c1ccccc1. The first kappa shape index (κ1) is 22.8. The maximum atomic E-state index is 12.8. The van der Waals surface area contributed by atoms with Crippen LogP contribution in [0.4, 0.5) is 0 Å². The number of fused-ring (bicyclic) bond motifs is 2. The summed E-state index contributed by atoms with van der Waals surface area (Å²) in [5, 5.41) is 4.70. The number of hydrogen-bond donors (Lipinski definition) is 1. The summed E-state index contributed by atoms with van der Waals surface area (Å²) in [6, 6.07) is 12.1. The predicted octanol–water partition coefficient (Wildman–Crippen LogP) is 4.74. The molecule has 33 heavy (non-hydrogen) atoms. The highest BCUT2D eigenvalue weighted by Crippen LogP contribution is 2.39. The third-order valence-electron chi connectivity index (χ3n) is 6.14. The molecule has 6 nitrogen and oxygen atoms in total. The number of amides is 1. The first-order chi connectivity index (χ1) is 15.8. The van der Waals surface area contributed by atoms with Crippen molar-refractivity contribution in [1.29, 1.82) is 0 Å². The molecule has 0 fully saturated rings. The summed E-state index contributed by atoms with van der Waals surface area (Å²) in [5.74, 6) is 0.636. The quantitative estimate of drug-likeness (QED) is 0.328. The molecule has 0 saturated heterocycles. The molecule has 0 aliphatic rings. The lowest BCUT2D eigenvalue weighted by atomic mass is 9.96. The third kappa shape index (κ3) is 4.44. The Hall–Kier alpha value is -3.38. The fourth-order valence-corrected chi connectivity index (χ4v) is 4.39. The second kappa shape index (κ2) is 9.24. The van der Waals surface area contributed by atoms with Gasteiger partial charge in [-0.3, -0.25) is 4.79 Å². The van der Waals surface area contributed by atoms with Crippen LogP contribution in [0.15, 0.2) is 50.0 Å². The van der Waals surface area contributed by atoms with Crippen molar-refractivity contribution in [3.8, 4) is 11.1 Å². The van der Waals surface area contributed by atoms with E-state index in [2.05, 4.69) is 22.3 Å². The highest BCUT2D eigenvalue weighted by Gasteiger charge is 2.21. The second-order valence-electron chi connectivity index (χ2n) is 8.83. The fraction of sp³-hybridized carbons (Fsp3) is 0.333. The van der Waals surface area contributed by atoms with E-state index >= 15 is 0 Å². The summed E-state index contributed by atoms with van der Waals surface area (Å²) in [5.41, 5.74) is 4.80. The number of aryl methyl sites for hydroxylation is 3. The summed E-state index contributed by atoms with van der Waals surface area (Å²) in [4.78, 5) is 27.4. The highest BCUT2D eigenvalue weighted by atomic mass is 16.4. The van der Waals surface area contributed by atoms with Gasteiger partial charge in [0.05, 0.1) is 12.0 Å². The van der Waals surface area contributed by atoms with Gasteiger partial charge < -0.3 is 19.1 Å². The third-order valence-corrected chi connectivity index (χ3v) is 6.14. The Morgan fingerprint density at radius 3 is 2.36 bits per heavy atom. The Kier molecular flexibility index (Phi) is 6.38. The van der Waals surface area contributed by atoms with Gasteiger partial charge in [0, 0.05) is 28.4 Å². The van der Waals surface area contributed by atoms with Crippen LogP contribution in [0.1, 0.15) is 28.9 Å². The molecule has 6 heteroatoms. The number of carbonyl (C=O) groups is 1. The molecule has 0 aliphatic carbocycles. The smallest absolute Gasteiger partial charge is 0.340 e. The Bertz CT molecular complexity index is 1380. The van der Waals surface area contributed by atoms with Crippen LogP contribution >= 0.6 is 0 Å². The van der Waals surface area contributed by atoms with Crippen molar-refractivity contribution in [3.63, 3.8) is 0 Å². The number of carbonyl (C=O) groups excluding carboxylic acids is 1. The van der Waals surface area contributed by atoms with Crippen molar-refractivity contribution in [3.05, 3.63) is 69.3 Å². The van der Waals surface area contributed by atoms with Crippen molar-refractivity contribution in [2.45, 2.75) is 33.6 Å². The summed E-state index contributed by atoms with van der Waals surface area (Å²) in [6.07, 6.45) is 0.850. The van der Waals surface area contributed by atoms with E-state index in [-0.39, 0.29) is 12.3 Å². The van der Waals surface area contributed by atoms with Crippen molar-refractivity contribution in [2.24, 2.45) is 0 Å². The van der Waals surface area contributed by atoms with Crippen LogP contribution in [0.3, 0.4) is 0 Å². The number of nitrogens with zero attached hydrogens (tertiary/aromatic N) is 1. The van der Waals surface area contributed by atoms with Crippen LogP contribution in [0.25, 0.3) is 33.1 Å². The first-order valence-electron chi connectivity index (χ1n) is 11.2. The van der Waals surface area contributed by atoms with Crippen molar-refractivity contribution in [2.75, 3.05) is 27.2 Å².